The zero-order valence-corrected chi connectivity index (χ0v) is 9.64. The Balaban J connectivity index is 2.45. The van der Waals surface area contributed by atoms with E-state index in [1.165, 1.54) is 0 Å². The third-order valence-electron chi connectivity index (χ3n) is 2.31. The summed E-state index contributed by atoms with van der Waals surface area (Å²) in [4.78, 5) is 12.8. The molecule has 16 heavy (non-hydrogen) atoms. The van der Waals surface area contributed by atoms with Gasteiger partial charge in [-0.25, -0.2) is 4.79 Å². The second-order valence-electron chi connectivity index (χ2n) is 3.66. The van der Waals surface area contributed by atoms with Crippen LogP contribution in [-0.2, 0) is 11.3 Å². The van der Waals surface area contributed by atoms with Gasteiger partial charge in [-0.3, -0.25) is 4.90 Å². The number of hydrogen-bond donors (Lipinski definition) is 1. The van der Waals surface area contributed by atoms with Crippen molar-refractivity contribution in [1.82, 2.24) is 4.90 Å². The Morgan fingerprint density at radius 3 is 2.88 bits per heavy atom. The van der Waals surface area contributed by atoms with E-state index in [0.717, 1.165) is 5.76 Å². The molecule has 0 saturated carbocycles. The highest BCUT2D eigenvalue weighted by atomic mass is 16.4. The van der Waals surface area contributed by atoms with Crippen molar-refractivity contribution in [3.8, 4) is 0 Å². The molecule has 1 aromatic rings. The quantitative estimate of drug-likeness (QED) is 0.751. The van der Waals surface area contributed by atoms with Crippen molar-refractivity contribution in [2.45, 2.75) is 19.9 Å². The highest BCUT2D eigenvalue weighted by Gasteiger charge is 2.05. The molecular weight excluding hydrogens is 206 g/mol. The maximum Gasteiger partial charge on any atom is 0.331 e. The predicted molar refractivity (Wildman–Crippen MR) is 61.1 cm³/mol. The number of hydrogen-bond acceptors (Lipinski definition) is 3. The van der Waals surface area contributed by atoms with Gasteiger partial charge in [-0.2, -0.15) is 0 Å². The highest BCUT2D eigenvalue weighted by molar-refractivity contribution is 5.86. The van der Waals surface area contributed by atoms with Crippen LogP contribution in [0.4, 0.5) is 0 Å². The highest BCUT2D eigenvalue weighted by Crippen LogP contribution is 2.05. The van der Waals surface area contributed by atoms with Crippen LogP contribution in [0.3, 0.4) is 0 Å². The smallest absolute Gasteiger partial charge is 0.331 e. The van der Waals surface area contributed by atoms with E-state index < -0.39 is 5.97 Å². The van der Waals surface area contributed by atoms with Crippen molar-refractivity contribution in [2.75, 3.05) is 13.6 Å². The van der Waals surface area contributed by atoms with Gasteiger partial charge < -0.3 is 9.52 Å². The molecule has 88 valence electrons. The SMILES string of the molecule is CCC(=CCN(C)Cc1ccco1)C(=O)O. The number of carboxylic acids is 1. The van der Waals surface area contributed by atoms with E-state index in [2.05, 4.69) is 0 Å². The van der Waals surface area contributed by atoms with Crippen molar-refractivity contribution >= 4 is 5.97 Å². The molecule has 1 heterocycles. The first-order chi connectivity index (χ1) is 7.63. The molecular formula is C12H17NO3. The summed E-state index contributed by atoms with van der Waals surface area (Å²) in [6.07, 6.45) is 3.92. The Hall–Kier alpha value is -1.55. The number of carboxylic acid groups (broad SMARTS) is 1. The van der Waals surface area contributed by atoms with Crippen LogP contribution in [0, 0.1) is 0 Å². The number of likely N-dealkylation sites (N-methyl/N-ethyl adjacent to an activating group) is 1. The largest absolute Gasteiger partial charge is 0.478 e. The molecule has 0 fully saturated rings. The van der Waals surface area contributed by atoms with E-state index in [4.69, 9.17) is 9.52 Å². The Kier molecular flexibility index (Phi) is 4.79. The lowest BCUT2D eigenvalue weighted by Gasteiger charge is -2.12. The summed E-state index contributed by atoms with van der Waals surface area (Å²) in [5, 5.41) is 8.84. The lowest BCUT2D eigenvalue weighted by molar-refractivity contribution is -0.132. The Morgan fingerprint density at radius 1 is 1.62 bits per heavy atom. The number of furan rings is 1. The van der Waals surface area contributed by atoms with Gasteiger partial charge in [0.2, 0.25) is 0 Å². The average Bonchev–Trinajstić information content (AvgIpc) is 2.70. The summed E-state index contributed by atoms with van der Waals surface area (Å²) in [5.41, 5.74) is 0.450. The van der Waals surface area contributed by atoms with Gasteiger partial charge in [0, 0.05) is 12.1 Å². The van der Waals surface area contributed by atoms with Gasteiger partial charge in [0.1, 0.15) is 5.76 Å². The van der Waals surface area contributed by atoms with Crippen molar-refractivity contribution in [3.05, 3.63) is 35.8 Å². The standard InChI is InChI=1S/C12H17NO3/c1-3-10(12(14)15)6-7-13(2)9-11-5-4-8-16-11/h4-6,8H,3,7,9H2,1-2H3,(H,14,15). The van der Waals surface area contributed by atoms with Crippen molar-refractivity contribution in [3.63, 3.8) is 0 Å². The third kappa shape index (κ3) is 3.90. The molecule has 0 radical (unpaired) electrons. The molecule has 0 aromatic carbocycles. The first-order valence-electron chi connectivity index (χ1n) is 5.26. The van der Waals surface area contributed by atoms with Crippen LogP contribution in [-0.4, -0.2) is 29.6 Å². The van der Waals surface area contributed by atoms with Gasteiger partial charge in [0.25, 0.3) is 0 Å². The van der Waals surface area contributed by atoms with E-state index in [9.17, 15) is 4.79 Å². The summed E-state index contributed by atoms with van der Waals surface area (Å²) in [7, 11) is 1.92. The second-order valence-corrected chi connectivity index (χ2v) is 3.66. The molecule has 0 aliphatic rings. The molecule has 0 spiro atoms. The summed E-state index contributed by atoms with van der Waals surface area (Å²) in [6.45, 7) is 3.13. The van der Waals surface area contributed by atoms with E-state index in [0.29, 0.717) is 25.1 Å². The minimum Gasteiger partial charge on any atom is -0.478 e. The average molecular weight is 223 g/mol. The van der Waals surface area contributed by atoms with Gasteiger partial charge in [-0.1, -0.05) is 13.0 Å². The molecule has 0 aliphatic heterocycles. The molecule has 0 saturated heterocycles. The minimum absolute atomic E-state index is 0.450. The lowest BCUT2D eigenvalue weighted by Crippen LogP contribution is -2.18. The third-order valence-corrected chi connectivity index (χ3v) is 2.31. The molecule has 1 rings (SSSR count). The Bertz CT molecular complexity index is 354. The van der Waals surface area contributed by atoms with Crippen LogP contribution in [0.25, 0.3) is 0 Å². The summed E-state index contributed by atoms with van der Waals surface area (Å²) < 4.78 is 5.21. The number of aliphatic carboxylic acids is 1. The van der Waals surface area contributed by atoms with E-state index in [-0.39, 0.29) is 0 Å². The minimum atomic E-state index is -0.839. The molecule has 4 heteroatoms. The Morgan fingerprint density at radius 2 is 2.38 bits per heavy atom. The van der Waals surface area contributed by atoms with Gasteiger partial charge >= 0.3 is 5.97 Å². The van der Waals surface area contributed by atoms with Crippen LogP contribution in [0.15, 0.2) is 34.5 Å². The maximum absolute atomic E-state index is 10.8. The summed E-state index contributed by atoms with van der Waals surface area (Å²) in [6, 6.07) is 3.74. The van der Waals surface area contributed by atoms with Crippen LogP contribution >= 0.6 is 0 Å². The van der Waals surface area contributed by atoms with Gasteiger partial charge in [-0.15, -0.1) is 0 Å². The zero-order chi connectivity index (χ0) is 12.0. The van der Waals surface area contributed by atoms with Crippen molar-refractivity contribution in [1.29, 1.82) is 0 Å². The maximum atomic E-state index is 10.8. The molecule has 4 nitrogen and oxygen atoms in total. The van der Waals surface area contributed by atoms with E-state index >= 15 is 0 Å². The van der Waals surface area contributed by atoms with Gasteiger partial charge in [-0.05, 0) is 25.6 Å². The fourth-order valence-electron chi connectivity index (χ4n) is 1.38. The predicted octanol–water partition coefficient (Wildman–Crippen LogP) is 2.13. The topological polar surface area (TPSA) is 53.7 Å². The van der Waals surface area contributed by atoms with E-state index in [1.807, 2.05) is 31.0 Å². The molecule has 0 unspecified atom stereocenters. The van der Waals surface area contributed by atoms with Gasteiger partial charge in [0.05, 0.1) is 12.8 Å². The normalized spacial score (nSPS) is 12.1. The molecule has 0 atom stereocenters. The first-order valence-corrected chi connectivity index (χ1v) is 5.26. The van der Waals surface area contributed by atoms with E-state index in [1.54, 1.807) is 12.3 Å². The molecule has 0 amide bonds. The fraction of sp³-hybridized carbons (Fsp3) is 0.417. The summed E-state index contributed by atoms with van der Waals surface area (Å²) in [5.74, 6) is 0.0400. The van der Waals surface area contributed by atoms with Gasteiger partial charge in [0.15, 0.2) is 0 Å². The van der Waals surface area contributed by atoms with Crippen LogP contribution in [0.1, 0.15) is 19.1 Å². The number of carbonyl (C=O) groups is 1. The first kappa shape index (κ1) is 12.5. The molecule has 1 aromatic heterocycles. The molecule has 0 bridgehead atoms. The Labute approximate surface area is 95.2 Å². The molecule has 1 N–H and O–H groups in total. The summed E-state index contributed by atoms with van der Waals surface area (Å²) >= 11 is 0. The monoisotopic (exact) mass is 223 g/mol. The fourth-order valence-corrected chi connectivity index (χ4v) is 1.38. The lowest BCUT2D eigenvalue weighted by atomic mass is 10.2. The van der Waals surface area contributed by atoms with Crippen molar-refractivity contribution < 1.29 is 14.3 Å². The van der Waals surface area contributed by atoms with Crippen LogP contribution < -0.4 is 0 Å². The number of nitrogens with zero attached hydrogens (tertiary/aromatic N) is 1. The van der Waals surface area contributed by atoms with Crippen LogP contribution in [0.5, 0.6) is 0 Å². The van der Waals surface area contributed by atoms with Crippen molar-refractivity contribution in [2.24, 2.45) is 0 Å². The number of rotatable bonds is 6. The molecule has 0 aliphatic carbocycles. The second kappa shape index (κ2) is 6.12. The van der Waals surface area contributed by atoms with Crippen LogP contribution in [0.2, 0.25) is 0 Å². The zero-order valence-electron chi connectivity index (χ0n) is 9.64.